The van der Waals surface area contributed by atoms with Crippen LogP contribution < -0.4 is 0 Å². The molecule has 5 heteroatoms. The second-order valence-corrected chi connectivity index (χ2v) is 7.28. The second-order valence-electron chi connectivity index (χ2n) is 7.28. The first-order valence-electron chi connectivity index (χ1n) is 9.01. The first-order valence-corrected chi connectivity index (χ1v) is 9.01. The molecule has 1 aliphatic carbocycles. The molecule has 26 heavy (non-hydrogen) atoms. The SMILES string of the molecule is CCC(C)/C=C(C)/C=C/C1=CC2=CC(=O)[C@](C)(O)[C@H](OC(C)=O)[C@H]2CO1. The molecule has 0 aromatic heterocycles. The highest BCUT2D eigenvalue weighted by Crippen LogP contribution is 2.37. The summed E-state index contributed by atoms with van der Waals surface area (Å²) in [6.07, 6.45) is 9.35. The van der Waals surface area contributed by atoms with Crippen LogP contribution >= 0.6 is 0 Å². The summed E-state index contributed by atoms with van der Waals surface area (Å²) >= 11 is 0. The average molecular weight is 360 g/mol. The number of ether oxygens (including phenoxy) is 2. The Morgan fingerprint density at radius 1 is 1.46 bits per heavy atom. The maximum absolute atomic E-state index is 12.3. The van der Waals surface area contributed by atoms with Gasteiger partial charge in [-0.3, -0.25) is 9.59 Å². The van der Waals surface area contributed by atoms with Crippen LogP contribution in [-0.4, -0.2) is 35.2 Å². The van der Waals surface area contributed by atoms with Crippen LogP contribution in [0.1, 0.15) is 41.0 Å². The molecule has 142 valence electrons. The van der Waals surface area contributed by atoms with Gasteiger partial charge in [0.05, 0.1) is 12.5 Å². The van der Waals surface area contributed by atoms with E-state index in [2.05, 4.69) is 19.9 Å². The smallest absolute Gasteiger partial charge is 0.303 e. The molecular formula is C21H28O5. The molecule has 4 atom stereocenters. The third kappa shape index (κ3) is 4.52. The normalized spacial score (nSPS) is 30.2. The predicted molar refractivity (Wildman–Crippen MR) is 99.1 cm³/mol. The van der Waals surface area contributed by atoms with E-state index in [4.69, 9.17) is 9.47 Å². The van der Waals surface area contributed by atoms with Crippen molar-refractivity contribution in [3.8, 4) is 0 Å². The van der Waals surface area contributed by atoms with E-state index in [1.807, 2.05) is 19.1 Å². The third-order valence-corrected chi connectivity index (χ3v) is 4.88. The zero-order chi connectivity index (χ0) is 19.5. The highest BCUT2D eigenvalue weighted by atomic mass is 16.6. The number of esters is 1. The monoisotopic (exact) mass is 360 g/mol. The zero-order valence-electron chi connectivity index (χ0n) is 16.1. The number of ketones is 1. The largest absolute Gasteiger partial charge is 0.493 e. The molecule has 0 saturated heterocycles. The number of aliphatic hydroxyl groups is 1. The van der Waals surface area contributed by atoms with E-state index in [9.17, 15) is 14.7 Å². The maximum Gasteiger partial charge on any atom is 0.303 e. The van der Waals surface area contributed by atoms with E-state index in [0.29, 0.717) is 17.3 Å². The van der Waals surface area contributed by atoms with Crippen LogP contribution in [0, 0.1) is 11.8 Å². The summed E-state index contributed by atoms with van der Waals surface area (Å²) in [7, 11) is 0. The van der Waals surface area contributed by atoms with Crippen LogP contribution in [0.25, 0.3) is 0 Å². The Kier molecular flexibility index (Phi) is 6.24. The molecular weight excluding hydrogens is 332 g/mol. The van der Waals surface area contributed by atoms with E-state index < -0.39 is 23.5 Å². The van der Waals surface area contributed by atoms with Gasteiger partial charge in [-0.1, -0.05) is 38.0 Å². The summed E-state index contributed by atoms with van der Waals surface area (Å²) in [6.45, 7) is 9.21. The van der Waals surface area contributed by atoms with Crippen molar-refractivity contribution >= 4 is 11.8 Å². The van der Waals surface area contributed by atoms with Crippen molar-refractivity contribution in [2.75, 3.05) is 6.61 Å². The topological polar surface area (TPSA) is 72.8 Å². The van der Waals surface area contributed by atoms with Gasteiger partial charge >= 0.3 is 5.97 Å². The predicted octanol–water partition coefficient (Wildman–Crippen LogP) is 3.26. The van der Waals surface area contributed by atoms with Crippen molar-refractivity contribution in [1.29, 1.82) is 0 Å². The lowest BCUT2D eigenvalue weighted by atomic mass is 9.75. The summed E-state index contributed by atoms with van der Waals surface area (Å²) in [5.74, 6) is -0.231. The van der Waals surface area contributed by atoms with Crippen LogP contribution in [0.4, 0.5) is 0 Å². The minimum absolute atomic E-state index is 0.234. The Balaban J connectivity index is 2.25. The highest BCUT2D eigenvalue weighted by Gasteiger charge is 2.50. The van der Waals surface area contributed by atoms with Gasteiger partial charge in [0, 0.05) is 6.92 Å². The summed E-state index contributed by atoms with van der Waals surface area (Å²) in [5, 5.41) is 10.5. The number of hydrogen-bond acceptors (Lipinski definition) is 5. The van der Waals surface area contributed by atoms with E-state index in [0.717, 1.165) is 12.0 Å². The molecule has 2 rings (SSSR count). The lowest BCUT2D eigenvalue weighted by molar-refractivity contribution is -0.174. The summed E-state index contributed by atoms with van der Waals surface area (Å²) in [4.78, 5) is 23.7. The van der Waals surface area contributed by atoms with Gasteiger partial charge in [0.1, 0.15) is 11.9 Å². The second kappa shape index (κ2) is 8.04. The molecule has 0 saturated carbocycles. The Morgan fingerprint density at radius 3 is 2.77 bits per heavy atom. The molecule has 0 amide bonds. The van der Waals surface area contributed by atoms with Gasteiger partial charge in [-0.15, -0.1) is 0 Å². The molecule has 0 spiro atoms. The van der Waals surface area contributed by atoms with Gasteiger partial charge in [0.15, 0.2) is 11.4 Å². The Hall–Kier alpha value is -2.14. The van der Waals surface area contributed by atoms with E-state index >= 15 is 0 Å². The van der Waals surface area contributed by atoms with Crippen molar-refractivity contribution in [2.45, 2.75) is 52.7 Å². The van der Waals surface area contributed by atoms with Crippen molar-refractivity contribution in [3.05, 3.63) is 47.3 Å². The molecule has 5 nitrogen and oxygen atoms in total. The molecule has 1 aliphatic heterocycles. The van der Waals surface area contributed by atoms with Gasteiger partial charge in [0.25, 0.3) is 0 Å². The highest BCUT2D eigenvalue weighted by molar-refractivity contribution is 5.99. The van der Waals surface area contributed by atoms with E-state index in [1.165, 1.54) is 19.9 Å². The number of allylic oxidation sites excluding steroid dienone is 5. The van der Waals surface area contributed by atoms with Crippen LogP contribution in [-0.2, 0) is 19.1 Å². The Bertz CT molecular complexity index is 693. The van der Waals surface area contributed by atoms with Gasteiger partial charge in [0.2, 0.25) is 0 Å². The molecule has 0 aromatic carbocycles. The molecule has 0 aromatic rings. The summed E-state index contributed by atoms with van der Waals surface area (Å²) < 4.78 is 11.0. The number of hydrogen-bond donors (Lipinski definition) is 1. The van der Waals surface area contributed by atoms with Gasteiger partial charge in [-0.25, -0.2) is 0 Å². The van der Waals surface area contributed by atoms with Crippen molar-refractivity contribution in [3.63, 3.8) is 0 Å². The van der Waals surface area contributed by atoms with E-state index in [1.54, 1.807) is 6.08 Å². The molecule has 1 unspecified atom stereocenters. The first-order chi connectivity index (χ1) is 12.1. The molecule has 1 heterocycles. The Morgan fingerprint density at radius 2 is 2.15 bits per heavy atom. The first kappa shape index (κ1) is 20.2. The average Bonchev–Trinajstić information content (AvgIpc) is 2.57. The van der Waals surface area contributed by atoms with Crippen LogP contribution in [0.2, 0.25) is 0 Å². The minimum atomic E-state index is -1.75. The van der Waals surface area contributed by atoms with Crippen LogP contribution in [0.3, 0.4) is 0 Å². The van der Waals surface area contributed by atoms with E-state index in [-0.39, 0.29) is 12.5 Å². The summed E-state index contributed by atoms with van der Waals surface area (Å²) in [6, 6.07) is 0. The van der Waals surface area contributed by atoms with Crippen molar-refractivity contribution in [2.24, 2.45) is 11.8 Å². The molecule has 0 radical (unpaired) electrons. The molecule has 0 bridgehead atoms. The number of rotatable bonds is 5. The fourth-order valence-corrected chi connectivity index (χ4v) is 3.14. The van der Waals surface area contributed by atoms with Gasteiger partial charge in [-0.2, -0.15) is 0 Å². The summed E-state index contributed by atoms with van der Waals surface area (Å²) in [5.41, 5.74) is 0.0997. The van der Waals surface area contributed by atoms with Crippen LogP contribution in [0.5, 0.6) is 0 Å². The third-order valence-electron chi connectivity index (χ3n) is 4.88. The number of fused-ring (bicyclic) bond motifs is 1. The number of carbonyl (C=O) groups excluding carboxylic acids is 2. The Labute approximate surface area is 155 Å². The lowest BCUT2D eigenvalue weighted by Crippen LogP contribution is -2.56. The molecule has 2 aliphatic rings. The van der Waals surface area contributed by atoms with Crippen molar-refractivity contribution in [1.82, 2.24) is 0 Å². The minimum Gasteiger partial charge on any atom is -0.493 e. The molecule has 0 fully saturated rings. The zero-order valence-corrected chi connectivity index (χ0v) is 16.1. The fraction of sp³-hybridized carbons (Fsp3) is 0.524. The van der Waals surface area contributed by atoms with Crippen molar-refractivity contribution < 1.29 is 24.2 Å². The maximum atomic E-state index is 12.3. The number of carbonyl (C=O) groups is 2. The fourth-order valence-electron chi connectivity index (χ4n) is 3.14. The van der Waals surface area contributed by atoms with Gasteiger partial charge < -0.3 is 14.6 Å². The van der Waals surface area contributed by atoms with Gasteiger partial charge in [-0.05, 0) is 43.6 Å². The molecule has 1 N–H and O–H groups in total. The van der Waals surface area contributed by atoms with Crippen LogP contribution in [0.15, 0.2) is 47.3 Å². The quantitative estimate of drug-likeness (QED) is 0.602. The lowest BCUT2D eigenvalue weighted by Gasteiger charge is -2.41. The standard InChI is InChI=1S/C21H28O5/c1-6-13(2)9-14(3)7-8-17-10-16-11-19(23)21(5,24)20(26-15(4)22)18(16)12-25-17/h7-11,13,18,20,24H,6,12H2,1-5H3/b8-7+,14-9+/t13?,18-,20+,21-/m0/s1.